The van der Waals surface area contributed by atoms with Crippen LogP contribution in [0.2, 0.25) is 0 Å². The standard InChI is InChI=1S/C23H22N4O4S/c1-4-13-31-20-12-8-5-9-17(20)14-26-19-11-7-6-10-18(19)23(21(26)30)27(16(3)29)25-22(32-23)24-15(2)28/h4-12H,1,13-14H2,2-3H3,(H,24,25,28)/t23-/m1/s1. The molecule has 9 heteroatoms. The molecule has 0 fully saturated rings. The minimum absolute atomic E-state index is 0.201. The number of thioether (sulfide) groups is 1. The average Bonchev–Trinajstić information content (AvgIpc) is 3.25. The Labute approximate surface area is 189 Å². The molecule has 0 unspecified atom stereocenters. The van der Waals surface area contributed by atoms with E-state index in [4.69, 9.17) is 4.74 Å². The summed E-state index contributed by atoms with van der Waals surface area (Å²) in [5.74, 6) is -0.406. The highest BCUT2D eigenvalue weighted by Gasteiger charge is 2.61. The first-order valence-corrected chi connectivity index (χ1v) is 10.8. The van der Waals surface area contributed by atoms with Gasteiger partial charge in [0.15, 0.2) is 5.17 Å². The highest BCUT2D eigenvalue weighted by atomic mass is 32.2. The molecule has 2 heterocycles. The number of amidine groups is 1. The van der Waals surface area contributed by atoms with E-state index in [9.17, 15) is 14.4 Å². The average molecular weight is 451 g/mol. The number of carbonyl (C=O) groups is 3. The van der Waals surface area contributed by atoms with Crippen molar-refractivity contribution in [1.29, 1.82) is 0 Å². The van der Waals surface area contributed by atoms with Crippen LogP contribution in [0.25, 0.3) is 0 Å². The number of benzene rings is 2. The molecule has 0 saturated heterocycles. The maximum absolute atomic E-state index is 13.9. The van der Waals surface area contributed by atoms with Crippen LogP contribution in [0.4, 0.5) is 5.69 Å². The zero-order valence-electron chi connectivity index (χ0n) is 17.7. The molecule has 0 saturated carbocycles. The predicted molar refractivity (Wildman–Crippen MR) is 123 cm³/mol. The fourth-order valence-electron chi connectivity index (χ4n) is 3.82. The quantitative estimate of drug-likeness (QED) is 0.708. The number of hydrazone groups is 1. The maximum Gasteiger partial charge on any atom is 0.271 e. The molecule has 1 N–H and O–H groups in total. The van der Waals surface area contributed by atoms with E-state index in [0.29, 0.717) is 23.6 Å². The third kappa shape index (κ3) is 3.54. The normalized spacial score (nSPS) is 19.1. The van der Waals surface area contributed by atoms with E-state index in [1.165, 1.54) is 13.8 Å². The lowest BCUT2D eigenvalue weighted by Crippen LogP contribution is -2.48. The number of amides is 3. The first-order valence-electron chi connectivity index (χ1n) is 9.97. The fraction of sp³-hybridized carbons (Fsp3) is 0.217. The van der Waals surface area contributed by atoms with Gasteiger partial charge >= 0.3 is 0 Å². The number of rotatable bonds is 5. The molecule has 8 nitrogen and oxygen atoms in total. The molecule has 2 aromatic carbocycles. The van der Waals surface area contributed by atoms with Crippen molar-refractivity contribution in [1.82, 2.24) is 10.3 Å². The van der Waals surface area contributed by atoms with Crippen LogP contribution >= 0.6 is 11.8 Å². The Balaban J connectivity index is 1.76. The van der Waals surface area contributed by atoms with E-state index in [-0.39, 0.29) is 23.5 Å². The number of hydrogen-bond acceptors (Lipinski definition) is 6. The number of nitrogens with zero attached hydrogens (tertiary/aromatic N) is 3. The number of para-hydroxylation sites is 2. The van der Waals surface area contributed by atoms with E-state index in [1.54, 1.807) is 11.0 Å². The lowest BCUT2D eigenvalue weighted by Gasteiger charge is -2.29. The summed E-state index contributed by atoms with van der Waals surface area (Å²) in [5, 5.41) is 8.22. The Bertz CT molecular complexity index is 1150. The van der Waals surface area contributed by atoms with Crippen LogP contribution in [0.1, 0.15) is 25.0 Å². The molecule has 0 aliphatic carbocycles. The fourth-order valence-corrected chi connectivity index (χ4v) is 5.15. The van der Waals surface area contributed by atoms with Crippen LogP contribution in [0, 0.1) is 0 Å². The van der Waals surface area contributed by atoms with E-state index < -0.39 is 10.8 Å². The highest BCUT2D eigenvalue weighted by molar-refractivity contribution is 8.15. The summed E-state index contributed by atoms with van der Waals surface area (Å²) in [4.78, 5) is 38.3. The number of ether oxygens (including phenoxy) is 1. The van der Waals surface area contributed by atoms with Gasteiger partial charge in [0.2, 0.25) is 16.7 Å². The summed E-state index contributed by atoms with van der Waals surface area (Å²) in [5.41, 5.74) is 2.13. The van der Waals surface area contributed by atoms with E-state index in [2.05, 4.69) is 17.0 Å². The van der Waals surface area contributed by atoms with Gasteiger partial charge in [-0.2, -0.15) is 5.01 Å². The van der Waals surface area contributed by atoms with Crippen LogP contribution in [0.5, 0.6) is 5.75 Å². The number of nitrogens with one attached hydrogen (secondary N) is 1. The highest BCUT2D eigenvalue weighted by Crippen LogP contribution is 2.54. The Morgan fingerprint density at radius 2 is 1.91 bits per heavy atom. The lowest BCUT2D eigenvalue weighted by molar-refractivity contribution is -0.139. The number of anilines is 1. The minimum atomic E-state index is -1.42. The van der Waals surface area contributed by atoms with Crippen LogP contribution in [0.15, 0.2) is 66.3 Å². The van der Waals surface area contributed by atoms with Gasteiger partial charge in [-0.1, -0.05) is 49.1 Å². The van der Waals surface area contributed by atoms with Crippen molar-refractivity contribution in [3.63, 3.8) is 0 Å². The molecule has 164 valence electrons. The lowest BCUT2D eigenvalue weighted by atomic mass is 10.1. The van der Waals surface area contributed by atoms with Crippen LogP contribution in [0.3, 0.4) is 0 Å². The predicted octanol–water partition coefficient (Wildman–Crippen LogP) is 2.95. The Hall–Kier alpha value is -3.59. The van der Waals surface area contributed by atoms with Gasteiger partial charge < -0.3 is 15.0 Å². The monoisotopic (exact) mass is 450 g/mol. The van der Waals surface area contributed by atoms with Gasteiger partial charge in [-0.15, -0.1) is 5.10 Å². The third-order valence-electron chi connectivity index (χ3n) is 5.07. The van der Waals surface area contributed by atoms with Crippen molar-refractivity contribution < 1.29 is 19.1 Å². The van der Waals surface area contributed by atoms with Gasteiger partial charge in [0.1, 0.15) is 12.4 Å². The van der Waals surface area contributed by atoms with Crippen molar-refractivity contribution in [2.24, 2.45) is 5.10 Å². The molecule has 2 aromatic rings. The zero-order valence-corrected chi connectivity index (χ0v) is 18.5. The van der Waals surface area contributed by atoms with Gasteiger partial charge in [0.05, 0.1) is 12.2 Å². The Morgan fingerprint density at radius 3 is 2.62 bits per heavy atom. The maximum atomic E-state index is 13.9. The van der Waals surface area contributed by atoms with Crippen molar-refractivity contribution in [2.45, 2.75) is 25.3 Å². The first kappa shape index (κ1) is 21.6. The molecule has 2 aliphatic rings. The molecule has 2 aliphatic heterocycles. The summed E-state index contributed by atoms with van der Waals surface area (Å²) in [6.07, 6.45) is 1.66. The van der Waals surface area contributed by atoms with Crippen LogP contribution in [-0.4, -0.2) is 34.5 Å². The van der Waals surface area contributed by atoms with Crippen molar-refractivity contribution in [3.8, 4) is 5.75 Å². The van der Waals surface area contributed by atoms with Gasteiger partial charge in [-0.3, -0.25) is 14.4 Å². The molecular formula is C23H22N4O4S. The minimum Gasteiger partial charge on any atom is -0.489 e. The summed E-state index contributed by atoms with van der Waals surface area (Å²) < 4.78 is 5.76. The summed E-state index contributed by atoms with van der Waals surface area (Å²) >= 11 is 1.06. The largest absolute Gasteiger partial charge is 0.489 e. The second kappa shape index (κ2) is 8.51. The van der Waals surface area contributed by atoms with Crippen molar-refractivity contribution >= 4 is 40.3 Å². The molecule has 4 rings (SSSR count). The molecule has 1 atom stereocenters. The molecular weight excluding hydrogens is 428 g/mol. The van der Waals surface area contributed by atoms with Gasteiger partial charge in [0, 0.05) is 25.0 Å². The molecule has 32 heavy (non-hydrogen) atoms. The van der Waals surface area contributed by atoms with E-state index >= 15 is 0 Å². The molecule has 1 spiro atoms. The van der Waals surface area contributed by atoms with E-state index in [0.717, 1.165) is 22.3 Å². The first-order chi connectivity index (χ1) is 15.4. The summed E-state index contributed by atoms with van der Waals surface area (Å²) in [6.45, 7) is 6.96. The molecule has 0 radical (unpaired) electrons. The Kier molecular flexibility index (Phi) is 5.75. The zero-order chi connectivity index (χ0) is 22.9. The van der Waals surface area contributed by atoms with Crippen LogP contribution < -0.4 is 15.0 Å². The second-order valence-electron chi connectivity index (χ2n) is 7.28. The van der Waals surface area contributed by atoms with Crippen molar-refractivity contribution in [3.05, 3.63) is 72.3 Å². The van der Waals surface area contributed by atoms with Gasteiger partial charge in [0.25, 0.3) is 5.91 Å². The molecule has 0 aromatic heterocycles. The van der Waals surface area contributed by atoms with Gasteiger partial charge in [-0.25, -0.2) is 0 Å². The molecule has 0 bridgehead atoms. The Morgan fingerprint density at radius 1 is 1.19 bits per heavy atom. The molecule has 3 amide bonds. The van der Waals surface area contributed by atoms with Crippen molar-refractivity contribution in [2.75, 3.05) is 11.5 Å². The smallest absolute Gasteiger partial charge is 0.271 e. The third-order valence-corrected chi connectivity index (χ3v) is 6.31. The summed E-state index contributed by atoms with van der Waals surface area (Å²) in [6, 6.07) is 14.8. The SMILES string of the molecule is C=CCOc1ccccc1CN1C(=O)[C@]2(SC(NC(C)=O)=NN2C(C)=O)c2ccccc21. The number of hydrogen-bond donors (Lipinski definition) is 1. The summed E-state index contributed by atoms with van der Waals surface area (Å²) in [7, 11) is 0. The topological polar surface area (TPSA) is 91.3 Å². The number of carbonyl (C=O) groups excluding carboxylic acids is 3. The number of fused-ring (bicyclic) bond motifs is 2. The second-order valence-corrected chi connectivity index (χ2v) is 8.46. The van der Waals surface area contributed by atoms with Gasteiger partial charge in [-0.05, 0) is 23.9 Å². The van der Waals surface area contributed by atoms with E-state index in [1.807, 2.05) is 48.5 Å². The van der Waals surface area contributed by atoms with Crippen LogP contribution in [-0.2, 0) is 25.8 Å².